The molecule has 0 aliphatic heterocycles. The standard InChI is InChI=1S/C16H26N4O2.HI/c1-13(12-22-3)20-16(17-2)18-10-9-15(21)19-11-14-7-5-4-6-8-14;/h4-8,13H,9-12H2,1-3H3,(H,19,21)(H2,17,18,20);1H. The van der Waals surface area contributed by atoms with E-state index in [1.54, 1.807) is 14.2 Å². The van der Waals surface area contributed by atoms with E-state index < -0.39 is 0 Å². The van der Waals surface area contributed by atoms with Gasteiger partial charge in [0, 0.05) is 39.7 Å². The van der Waals surface area contributed by atoms with E-state index in [0.717, 1.165) is 5.56 Å². The summed E-state index contributed by atoms with van der Waals surface area (Å²) >= 11 is 0. The quantitative estimate of drug-likeness (QED) is 0.330. The molecule has 1 aromatic rings. The van der Waals surface area contributed by atoms with Crippen LogP contribution >= 0.6 is 24.0 Å². The summed E-state index contributed by atoms with van der Waals surface area (Å²) in [4.78, 5) is 15.9. The van der Waals surface area contributed by atoms with Gasteiger partial charge in [0.2, 0.25) is 5.91 Å². The van der Waals surface area contributed by atoms with E-state index in [9.17, 15) is 4.79 Å². The Morgan fingerprint density at radius 3 is 2.57 bits per heavy atom. The van der Waals surface area contributed by atoms with Crippen molar-refractivity contribution >= 4 is 35.8 Å². The molecule has 0 radical (unpaired) electrons. The Morgan fingerprint density at radius 2 is 1.96 bits per heavy atom. The van der Waals surface area contributed by atoms with Crippen molar-refractivity contribution in [3.8, 4) is 0 Å². The lowest BCUT2D eigenvalue weighted by Crippen LogP contribution is -2.44. The van der Waals surface area contributed by atoms with Gasteiger partial charge < -0.3 is 20.7 Å². The van der Waals surface area contributed by atoms with Gasteiger partial charge in [-0.1, -0.05) is 30.3 Å². The van der Waals surface area contributed by atoms with E-state index in [4.69, 9.17) is 4.74 Å². The zero-order valence-corrected chi connectivity index (χ0v) is 16.3. The van der Waals surface area contributed by atoms with Gasteiger partial charge in [0.1, 0.15) is 0 Å². The van der Waals surface area contributed by atoms with Crippen LogP contribution in [0, 0.1) is 0 Å². The predicted octanol–water partition coefficient (Wildman–Crippen LogP) is 1.51. The molecule has 0 spiro atoms. The van der Waals surface area contributed by atoms with Crippen LogP contribution in [0.15, 0.2) is 35.3 Å². The number of hydrogen-bond donors (Lipinski definition) is 3. The highest BCUT2D eigenvalue weighted by atomic mass is 127. The fraction of sp³-hybridized carbons (Fsp3) is 0.500. The van der Waals surface area contributed by atoms with E-state index in [-0.39, 0.29) is 35.9 Å². The molecule has 0 bridgehead atoms. The summed E-state index contributed by atoms with van der Waals surface area (Å²) in [6.07, 6.45) is 0.395. The summed E-state index contributed by atoms with van der Waals surface area (Å²) in [7, 11) is 3.36. The van der Waals surface area contributed by atoms with Crippen LogP contribution in [0.25, 0.3) is 0 Å². The van der Waals surface area contributed by atoms with Crippen molar-refractivity contribution in [1.82, 2.24) is 16.0 Å². The number of hydrogen-bond acceptors (Lipinski definition) is 3. The fourth-order valence-corrected chi connectivity index (χ4v) is 1.90. The minimum Gasteiger partial charge on any atom is -0.383 e. The van der Waals surface area contributed by atoms with Crippen LogP contribution in [0.5, 0.6) is 0 Å². The van der Waals surface area contributed by atoms with Crippen LogP contribution < -0.4 is 16.0 Å². The van der Waals surface area contributed by atoms with Gasteiger partial charge >= 0.3 is 0 Å². The Hall–Kier alpha value is -1.35. The number of carbonyl (C=O) groups is 1. The zero-order chi connectivity index (χ0) is 16.2. The van der Waals surface area contributed by atoms with E-state index >= 15 is 0 Å². The number of carbonyl (C=O) groups excluding carboxylic acids is 1. The highest BCUT2D eigenvalue weighted by molar-refractivity contribution is 14.0. The van der Waals surface area contributed by atoms with Gasteiger partial charge in [-0.25, -0.2) is 0 Å². The first kappa shape index (κ1) is 21.6. The van der Waals surface area contributed by atoms with Crippen LogP contribution in [0.2, 0.25) is 0 Å². The SMILES string of the molecule is CN=C(NCCC(=O)NCc1ccccc1)NC(C)COC.I. The monoisotopic (exact) mass is 434 g/mol. The van der Waals surface area contributed by atoms with Gasteiger partial charge in [-0.3, -0.25) is 9.79 Å². The van der Waals surface area contributed by atoms with Crippen LogP contribution in [0.1, 0.15) is 18.9 Å². The van der Waals surface area contributed by atoms with Gasteiger partial charge in [0.25, 0.3) is 0 Å². The number of halogens is 1. The number of nitrogens with one attached hydrogen (secondary N) is 3. The third kappa shape index (κ3) is 10.1. The number of aliphatic imine (C=N–C) groups is 1. The number of guanidine groups is 1. The molecule has 1 unspecified atom stereocenters. The molecule has 1 amide bonds. The number of methoxy groups -OCH3 is 1. The molecule has 23 heavy (non-hydrogen) atoms. The zero-order valence-electron chi connectivity index (χ0n) is 14.0. The van der Waals surface area contributed by atoms with Crippen LogP contribution in [-0.2, 0) is 16.1 Å². The van der Waals surface area contributed by atoms with Crippen LogP contribution in [-0.4, -0.2) is 45.2 Å². The van der Waals surface area contributed by atoms with E-state index in [1.165, 1.54) is 0 Å². The second-order valence-electron chi connectivity index (χ2n) is 5.01. The minimum absolute atomic E-state index is 0. The smallest absolute Gasteiger partial charge is 0.222 e. The predicted molar refractivity (Wildman–Crippen MR) is 104 cm³/mol. The minimum atomic E-state index is 0. The van der Waals surface area contributed by atoms with Crippen molar-refractivity contribution in [1.29, 1.82) is 0 Å². The summed E-state index contributed by atoms with van der Waals surface area (Å²) < 4.78 is 5.06. The lowest BCUT2D eigenvalue weighted by atomic mass is 10.2. The molecule has 1 atom stereocenters. The summed E-state index contributed by atoms with van der Waals surface area (Å²) in [5, 5.41) is 9.18. The van der Waals surface area contributed by atoms with Crippen LogP contribution in [0.3, 0.4) is 0 Å². The first-order valence-electron chi connectivity index (χ1n) is 7.42. The molecule has 7 heteroatoms. The molecule has 6 nitrogen and oxygen atoms in total. The number of amides is 1. The second kappa shape index (κ2) is 13.1. The number of ether oxygens (including phenoxy) is 1. The molecule has 0 aliphatic carbocycles. The molecule has 0 aromatic heterocycles. The van der Waals surface area contributed by atoms with Gasteiger partial charge in [0.15, 0.2) is 5.96 Å². The van der Waals surface area contributed by atoms with Crippen molar-refractivity contribution in [3.05, 3.63) is 35.9 Å². The summed E-state index contributed by atoms with van der Waals surface area (Å²) in [6.45, 7) is 3.68. The first-order valence-corrected chi connectivity index (χ1v) is 7.42. The molecular weight excluding hydrogens is 407 g/mol. The number of benzene rings is 1. The Labute approximate surface area is 155 Å². The highest BCUT2D eigenvalue weighted by Crippen LogP contribution is 1.97. The summed E-state index contributed by atoms with van der Waals surface area (Å²) in [5.41, 5.74) is 1.09. The maximum absolute atomic E-state index is 11.8. The van der Waals surface area contributed by atoms with Crippen molar-refractivity contribution < 1.29 is 9.53 Å². The highest BCUT2D eigenvalue weighted by Gasteiger charge is 2.05. The molecule has 1 aromatic carbocycles. The Bertz CT molecular complexity index is 468. The average molecular weight is 434 g/mol. The van der Waals surface area contributed by atoms with E-state index in [0.29, 0.717) is 32.1 Å². The molecule has 0 saturated carbocycles. The van der Waals surface area contributed by atoms with Crippen molar-refractivity contribution in [2.45, 2.75) is 25.9 Å². The third-order valence-electron chi connectivity index (χ3n) is 3.00. The summed E-state index contributed by atoms with van der Waals surface area (Å²) in [5.74, 6) is 0.678. The molecule has 0 aliphatic rings. The number of nitrogens with zero attached hydrogens (tertiary/aromatic N) is 1. The molecule has 0 fully saturated rings. The average Bonchev–Trinajstić information content (AvgIpc) is 2.53. The van der Waals surface area contributed by atoms with E-state index in [1.807, 2.05) is 37.3 Å². The molecule has 1 rings (SSSR count). The van der Waals surface area contributed by atoms with Gasteiger partial charge in [-0.2, -0.15) is 0 Å². The van der Waals surface area contributed by atoms with Crippen molar-refractivity contribution in [2.75, 3.05) is 27.3 Å². The van der Waals surface area contributed by atoms with Crippen molar-refractivity contribution in [3.63, 3.8) is 0 Å². The van der Waals surface area contributed by atoms with Gasteiger partial charge in [-0.05, 0) is 12.5 Å². The lowest BCUT2D eigenvalue weighted by Gasteiger charge is -2.17. The van der Waals surface area contributed by atoms with E-state index in [2.05, 4.69) is 20.9 Å². The maximum Gasteiger partial charge on any atom is 0.222 e. The molecule has 3 N–H and O–H groups in total. The third-order valence-corrected chi connectivity index (χ3v) is 3.00. The van der Waals surface area contributed by atoms with Gasteiger partial charge in [-0.15, -0.1) is 24.0 Å². The fourth-order valence-electron chi connectivity index (χ4n) is 1.90. The number of rotatable bonds is 8. The largest absolute Gasteiger partial charge is 0.383 e. The topological polar surface area (TPSA) is 74.8 Å². The Kier molecular flexibility index (Phi) is 12.4. The Morgan fingerprint density at radius 1 is 1.26 bits per heavy atom. The van der Waals surface area contributed by atoms with Gasteiger partial charge in [0.05, 0.1) is 6.61 Å². The lowest BCUT2D eigenvalue weighted by molar-refractivity contribution is -0.121. The maximum atomic E-state index is 11.8. The molecular formula is C16H27IN4O2. The normalized spacial score (nSPS) is 12.0. The Balaban J connectivity index is 0.00000484. The summed E-state index contributed by atoms with van der Waals surface area (Å²) in [6, 6.07) is 10.0. The van der Waals surface area contributed by atoms with Crippen molar-refractivity contribution in [2.24, 2.45) is 4.99 Å². The molecule has 130 valence electrons. The first-order chi connectivity index (χ1) is 10.7. The molecule has 0 saturated heterocycles. The van der Waals surface area contributed by atoms with Crippen LogP contribution in [0.4, 0.5) is 0 Å². The second-order valence-corrected chi connectivity index (χ2v) is 5.01. The molecule has 0 heterocycles.